The first-order chi connectivity index (χ1) is 12.1. The van der Waals surface area contributed by atoms with E-state index in [1.165, 1.54) is 6.92 Å². The SMILES string of the molecule is C=C1C[C@]23C[C@H]1[C@H](O)C[C@H]2[C@@]12C[C@H](O)[C@H](O)[C@@](C)(C(=O)O1)[C@H]2[C@@H]3C(=O)O. The van der Waals surface area contributed by atoms with Crippen LogP contribution < -0.4 is 0 Å². The van der Waals surface area contributed by atoms with Gasteiger partial charge in [-0.15, -0.1) is 0 Å². The molecule has 5 aliphatic rings. The van der Waals surface area contributed by atoms with Crippen molar-refractivity contribution < 1.29 is 34.8 Å². The predicted octanol–water partition coefficient (Wildman–Crippen LogP) is 0.0778. The average Bonchev–Trinajstić information content (AvgIpc) is 3.04. The first kappa shape index (κ1) is 16.7. The van der Waals surface area contributed by atoms with Crippen LogP contribution in [0.2, 0.25) is 0 Å². The molecule has 0 aromatic rings. The minimum Gasteiger partial charge on any atom is -0.481 e. The molecular weight excluding hydrogens is 340 g/mol. The molecule has 7 heteroatoms. The van der Waals surface area contributed by atoms with Crippen molar-refractivity contribution in [2.24, 2.45) is 34.5 Å². The molecule has 0 radical (unpaired) electrons. The lowest BCUT2D eigenvalue weighted by Gasteiger charge is -2.47. The molecule has 0 unspecified atom stereocenters. The molecule has 4 N–H and O–H groups in total. The number of carbonyl (C=O) groups is 2. The number of ether oxygens (including phenoxy) is 1. The molecular formula is C19H24O7. The zero-order chi connectivity index (χ0) is 18.8. The van der Waals surface area contributed by atoms with E-state index in [-0.39, 0.29) is 18.3 Å². The van der Waals surface area contributed by atoms with Gasteiger partial charge in [-0.2, -0.15) is 0 Å². The molecule has 1 aliphatic heterocycles. The number of carbonyl (C=O) groups excluding carboxylic acids is 1. The van der Waals surface area contributed by atoms with Gasteiger partial charge < -0.3 is 25.2 Å². The van der Waals surface area contributed by atoms with Gasteiger partial charge in [0.2, 0.25) is 0 Å². The summed E-state index contributed by atoms with van der Waals surface area (Å²) < 4.78 is 5.86. The topological polar surface area (TPSA) is 124 Å². The van der Waals surface area contributed by atoms with Crippen molar-refractivity contribution in [3.63, 3.8) is 0 Å². The third kappa shape index (κ3) is 1.47. The molecule has 1 heterocycles. The molecule has 7 nitrogen and oxygen atoms in total. The normalized spacial score (nSPS) is 59.8. The molecule has 26 heavy (non-hydrogen) atoms. The molecule has 0 amide bonds. The number of hydrogen-bond acceptors (Lipinski definition) is 6. The highest BCUT2D eigenvalue weighted by Gasteiger charge is 2.84. The van der Waals surface area contributed by atoms with Gasteiger partial charge in [0.15, 0.2) is 0 Å². The van der Waals surface area contributed by atoms with Gasteiger partial charge >= 0.3 is 11.9 Å². The number of aliphatic carboxylic acids is 1. The van der Waals surface area contributed by atoms with Crippen molar-refractivity contribution in [2.45, 2.75) is 56.5 Å². The van der Waals surface area contributed by atoms with Gasteiger partial charge in [-0.1, -0.05) is 12.2 Å². The van der Waals surface area contributed by atoms with Crippen molar-refractivity contribution in [3.8, 4) is 0 Å². The predicted molar refractivity (Wildman–Crippen MR) is 86.6 cm³/mol. The van der Waals surface area contributed by atoms with Gasteiger partial charge in [-0.3, -0.25) is 9.59 Å². The Labute approximate surface area is 150 Å². The van der Waals surface area contributed by atoms with Gasteiger partial charge in [-0.05, 0) is 31.6 Å². The lowest BCUT2D eigenvalue weighted by Crippen LogP contribution is -2.59. The molecule has 5 rings (SSSR count). The summed E-state index contributed by atoms with van der Waals surface area (Å²) in [5, 5.41) is 41.9. The largest absolute Gasteiger partial charge is 0.481 e. The van der Waals surface area contributed by atoms with E-state index >= 15 is 0 Å². The van der Waals surface area contributed by atoms with E-state index in [9.17, 15) is 30.0 Å². The van der Waals surface area contributed by atoms with E-state index in [2.05, 4.69) is 6.58 Å². The van der Waals surface area contributed by atoms with E-state index in [4.69, 9.17) is 4.74 Å². The molecule has 5 fully saturated rings. The molecule has 1 spiro atoms. The van der Waals surface area contributed by atoms with Gasteiger partial charge in [0.1, 0.15) is 11.0 Å². The van der Waals surface area contributed by atoms with Crippen molar-refractivity contribution in [1.29, 1.82) is 0 Å². The summed E-state index contributed by atoms with van der Waals surface area (Å²) >= 11 is 0. The Morgan fingerprint density at radius 1 is 1.23 bits per heavy atom. The lowest BCUT2D eigenvalue weighted by atomic mass is 9.58. The van der Waals surface area contributed by atoms with Gasteiger partial charge in [0, 0.05) is 24.2 Å². The Kier molecular flexibility index (Phi) is 2.90. The number of hydrogen-bond donors (Lipinski definition) is 4. The molecule has 142 valence electrons. The van der Waals surface area contributed by atoms with E-state index < -0.39 is 58.5 Å². The molecule has 0 aromatic carbocycles. The van der Waals surface area contributed by atoms with Crippen LogP contribution in [0.15, 0.2) is 12.2 Å². The Morgan fingerprint density at radius 2 is 1.92 bits per heavy atom. The number of fused-ring (bicyclic) bond motifs is 1. The number of aliphatic hydroxyl groups excluding tert-OH is 3. The van der Waals surface area contributed by atoms with Crippen LogP contribution >= 0.6 is 0 Å². The van der Waals surface area contributed by atoms with Crippen LogP contribution in [0.1, 0.15) is 32.6 Å². The van der Waals surface area contributed by atoms with Crippen LogP contribution in [0.4, 0.5) is 0 Å². The van der Waals surface area contributed by atoms with E-state index in [0.717, 1.165) is 5.57 Å². The molecule has 4 saturated carbocycles. The third-order valence-corrected chi connectivity index (χ3v) is 8.53. The maximum absolute atomic E-state index is 12.8. The second-order valence-corrected chi connectivity index (χ2v) is 9.37. The average molecular weight is 364 g/mol. The highest BCUT2D eigenvalue weighted by Crippen LogP contribution is 2.77. The smallest absolute Gasteiger partial charge is 0.315 e. The summed E-state index contributed by atoms with van der Waals surface area (Å²) in [6.07, 6.45) is -1.84. The summed E-state index contributed by atoms with van der Waals surface area (Å²) in [4.78, 5) is 25.2. The summed E-state index contributed by atoms with van der Waals surface area (Å²) in [6, 6.07) is 0. The first-order valence-electron chi connectivity index (χ1n) is 9.27. The molecule has 4 aliphatic carbocycles. The fourth-order valence-electron chi connectivity index (χ4n) is 7.70. The monoisotopic (exact) mass is 364 g/mol. The summed E-state index contributed by atoms with van der Waals surface area (Å²) in [5.41, 5.74) is -2.40. The van der Waals surface area contributed by atoms with Crippen LogP contribution in [-0.2, 0) is 14.3 Å². The quantitative estimate of drug-likeness (QED) is 0.384. The fourth-order valence-corrected chi connectivity index (χ4v) is 7.70. The second-order valence-electron chi connectivity index (χ2n) is 9.37. The number of rotatable bonds is 1. The Balaban J connectivity index is 1.77. The molecule has 4 bridgehead atoms. The zero-order valence-corrected chi connectivity index (χ0v) is 14.6. The zero-order valence-electron chi connectivity index (χ0n) is 14.6. The second kappa shape index (κ2) is 4.51. The number of esters is 1. The number of carboxylic acids is 1. The van der Waals surface area contributed by atoms with Crippen LogP contribution in [-0.4, -0.2) is 56.3 Å². The Hall–Kier alpha value is -1.44. The molecule has 10 atom stereocenters. The van der Waals surface area contributed by atoms with E-state index in [1.54, 1.807) is 0 Å². The van der Waals surface area contributed by atoms with Crippen LogP contribution in [0.5, 0.6) is 0 Å². The fraction of sp³-hybridized carbons (Fsp3) is 0.789. The van der Waals surface area contributed by atoms with Crippen molar-refractivity contribution in [3.05, 3.63) is 12.2 Å². The number of aliphatic hydroxyl groups is 3. The van der Waals surface area contributed by atoms with Gasteiger partial charge in [0.25, 0.3) is 0 Å². The van der Waals surface area contributed by atoms with Crippen molar-refractivity contribution >= 4 is 11.9 Å². The molecule has 1 saturated heterocycles. The standard InChI is InChI=1S/C19H24O7/c1-7-4-18-5-8(7)9(20)3-11(18)19-6-10(21)14(22)17(2,16(25)26-19)13(19)12(18)15(23)24/h8-14,20-22H,1,3-6H2,2H3,(H,23,24)/t8-,9-,10+,11-,12-,13-,14+,17+,18+,19-/m1/s1. The minimum absolute atomic E-state index is 0.0141. The van der Waals surface area contributed by atoms with Crippen molar-refractivity contribution in [1.82, 2.24) is 0 Å². The first-order valence-corrected chi connectivity index (χ1v) is 9.27. The summed E-state index contributed by atoms with van der Waals surface area (Å²) in [5.74, 6) is -3.73. The summed E-state index contributed by atoms with van der Waals surface area (Å²) in [6.45, 7) is 5.60. The highest BCUT2D eigenvalue weighted by molar-refractivity contribution is 5.85. The maximum Gasteiger partial charge on any atom is 0.315 e. The Bertz CT molecular complexity index is 748. The van der Waals surface area contributed by atoms with Gasteiger partial charge in [0.05, 0.1) is 24.2 Å². The van der Waals surface area contributed by atoms with Crippen LogP contribution in [0.3, 0.4) is 0 Å². The van der Waals surface area contributed by atoms with Crippen molar-refractivity contribution in [2.75, 3.05) is 0 Å². The molecule has 0 aromatic heterocycles. The van der Waals surface area contributed by atoms with E-state index in [1.807, 2.05) is 0 Å². The number of carboxylic acid groups (broad SMARTS) is 1. The summed E-state index contributed by atoms with van der Waals surface area (Å²) in [7, 11) is 0. The van der Waals surface area contributed by atoms with Crippen LogP contribution in [0.25, 0.3) is 0 Å². The maximum atomic E-state index is 12.8. The highest BCUT2D eigenvalue weighted by atomic mass is 16.6. The lowest BCUT2D eigenvalue weighted by molar-refractivity contribution is -0.165. The Morgan fingerprint density at radius 3 is 2.58 bits per heavy atom. The van der Waals surface area contributed by atoms with Gasteiger partial charge in [-0.25, -0.2) is 0 Å². The van der Waals surface area contributed by atoms with Crippen LogP contribution in [0, 0.1) is 34.5 Å². The minimum atomic E-state index is -1.46. The third-order valence-electron chi connectivity index (χ3n) is 8.53. The van der Waals surface area contributed by atoms with E-state index in [0.29, 0.717) is 19.3 Å².